The van der Waals surface area contributed by atoms with Gasteiger partial charge in [0.1, 0.15) is 0 Å². The highest BCUT2D eigenvalue weighted by Gasteiger charge is 2.14. The summed E-state index contributed by atoms with van der Waals surface area (Å²) in [4.78, 5) is 10.8. The lowest BCUT2D eigenvalue weighted by molar-refractivity contribution is 0.241. The normalized spacial score (nSPS) is 11.4. The molecule has 0 saturated heterocycles. The minimum atomic E-state index is 0.629. The van der Waals surface area contributed by atoms with Gasteiger partial charge in [0.2, 0.25) is 0 Å². The smallest absolute Gasteiger partial charge is 0.199 e. The molecular formula is C17H22N6S2. The Kier molecular flexibility index (Phi) is 5.72. The molecule has 0 atom stereocenters. The van der Waals surface area contributed by atoms with Crippen molar-refractivity contribution in [3.63, 3.8) is 0 Å². The highest BCUT2D eigenvalue weighted by atomic mass is 32.1. The zero-order valence-electron chi connectivity index (χ0n) is 14.7. The topological polar surface area (TPSA) is 51.8 Å². The molecule has 0 aliphatic rings. The van der Waals surface area contributed by atoms with Gasteiger partial charge in [-0.3, -0.25) is 14.5 Å². The van der Waals surface area contributed by atoms with Gasteiger partial charge in [-0.1, -0.05) is 6.92 Å². The van der Waals surface area contributed by atoms with Gasteiger partial charge in [-0.2, -0.15) is 5.10 Å². The third kappa shape index (κ3) is 4.20. The molecule has 25 heavy (non-hydrogen) atoms. The molecule has 0 saturated carbocycles. The first-order valence-corrected chi connectivity index (χ1v) is 9.55. The van der Waals surface area contributed by atoms with E-state index in [9.17, 15) is 0 Å². The van der Waals surface area contributed by atoms with Crippen LogP contribution in [0.4, 0.5) is 0 Å². The average Bonchev–Trinajstić information content (AvgIpc) is 3.14. The first kappa shape index (κ1) is 17.9. The Morgan fingerprint density at radius 1 is 1.28 bits per heavy atom. The fourth-order valence-electron chi connectivity index (χ4n) is 2.71. The van der Waals surface area contributed by atoms with Crippen molar-refractivity contribution in [3.05, 3.63) is 45.4 Å². The van der Waals surface area contributed by atoms with Crippen molar-refractivity contribution in [1.82, 2.24) is 29.2 Å². The van der Waals surface area contributed by atoms with Crippen LogP contribution >= 0.6 is 23.6 Å². The second kappa shape index (κ2) is 7.99. The molecule has 3 rings (SSSR count). The molecular weight excluding hydrogens is 352 g/mol. The van der Waals surface area contributed by atoms with Gasteiger partial charge in [0, 0.05) is 36.4 Å². The summed E-state index contributed by atoms with van der Waals surface area (Å²) >= 11 is 7.35. The van der Waals surface area contributed by atoms with Crippen LogP contribution in [0.1, 0.15) is 24.0 Å². The predicted octanol–water partition coefficient (Wildman–Crippen LogP) is 3.74. The maximum Gasteiger partial charge on any atom is 0.199 e. The van der Waals surface area contributed by atoms with Gasteiger partial charge in [-0.25, -0.2) is 9.67 Å². The molecule has 3 aromatic heterocycles. The van der Waals surface area contributed by atoms with Crippen LogP contribution in [0.2, 0.25) is 0 Å². The highest BCUT2D eigenvalue weighted by Crippen LogP contribution is 2.18. The summed E-state index contributed by atoms with van der Waals surface area (Å²) in [5.41, 5.74) is 2.12. The van der Waals surface area contributed by atoms with Gasteiger partial charge in [0.25, 0.3) is 0 Å². The SMILES string of the molecule is CCCn1c(-c2ccncc2)nn(CN(C)Cc2csc(C)n2)c1=S. The van der Waals surface area contributed by atoms with Crippen molar-refractivity contribution in [1.29, 1.82) is 0 Å². The van der Waals surface area contributed by atoms with Crippen LogP contribution in [0.15, 0.2) is 29.9 Å². The number of aromatic nitrogens is 5. The molecule has 3 aromatic rings. The molecule has 3 heterocycles. The summed E-state index contributed by atoms with van der Waals surface area (Å²) in [6.07, 6.45) is 4.57. The maximum absolute atomic E-state index is 5.67. The zero-order chi connectivity index (χ0) is 17.8. The molecule has 0 unspecified atom stereocenters. The number of aryl methyl sites for hydroxylation is 1. The summed E-state index contributed by atoms with van der Waals surface area (Å²) in [5, 5.41) is 7.96. The van der Waals surface area contributed by atoms with Crippen molar-refractivity contribution in [3.8, 4) is 11.4 Å². The van der Waals surface area contributed by atoms with E-state index in [1.165, 1.54) is 0 Å². The second-order valence-corrected chi connectivity index (χ2v) is 7.43. The fraction of sp³-hybridized carbons (Fsp3) is 0.412. The molecule has 6 nitrogen and oxygen atoms in total. The van der Waals surface area contributed by atoms with Crippen LogP contribution in [0, 0.1) is 11.7 Å². The van der Waals surface area contributed by atoms with Crippen molar-refractivity contribution in [2.75, 3.05) is 7.05 Å². The third-order valence-electron chi connectivity index (χ3n) is 3.78. The van der Waals surface area contributed by atoms with Crippen LogP contribution in [0.3, 0.4) is 0 Å². The van der Waals surface area contributed by atoms with E-state index in [0.717, 1.165) is 46.4 Å². The van der Waals surface area contributed by atoms with Crippen LogP contribution in [0.25, 0.3) is 11.4 Å². The van der Waals surface area contributed by atoms with E-state index in [0.29, 0.717) is 6.67 Å². The van der Waals surface area contributed by atoms with Gasteiger partial charge < -0.3 is 0 Å². The standard InChI is InChI=1S/C17H22N6S2/c1-4-9-22-16(14-5-7-18-8-6-14)20-23(17(22)24)12-21(3)10-15-11-25-13(2)19-15/h5-8,11H,4,9-10,12H2,1-3H3. The molecule has 0 radical (unpaired) electrons. The molecule has 0 aliphatic carbocycles. The van der Waals surface area contributed by atoms with Crippen LogP contribution in [-0.2, 0) is 19.8 Å². The summed E-state index contributed by atoms with van der Waals surface area (Å²) < 4.78 is 4.74. The Bertz CT molecular complexity index is 880. The zero-order valence-corrected chi connectivity index (χ0v) is 16.3. The lowest BCUT2D eigenvalue weighted by Gasteiger charge is -2.14. The quantitative estimate of drug-likeness (QED) is 0.590. The molecule has 0 N–H and O–H groups in total. The summed E-state index contributed by atoms with van der Waals surface area (Å²) in [5.74, 6) is 0.896. The number of nitrogens with zero attached hydrogens (tertiary/aromatic N) is 6. The fourth-order valence-corrected chi connectivity index (χ4v) is 3.59. The number of pyridine rings is 1. The Balaban J connectivity index is 1.85. The van der Waals surface area contributed by atoms with Gasteiger partial charge in [-0.05, 0) is 44.7 Å². The summed E-state index contributed by atoms with van der Waals surface area (Å²) in [6, 6.07) is 3.94. The monoisotopic (exact) mass is 374 g/mol. The molecule has 0 bridgehead atoms. The number of hydrogen-bond acceptors (Lipinski definition) is 6. The van der Waals surface area contributed by atoms with Crippen molar-refractivity contribution in [2.45, 2.75) is 40.0 Å². The third-order valence-corrected chi connectivity index (χ3v) is 5.04. The van der Waals surface area contributed by atoms with Gasteiger partial charge in [0.15, 0.2) is 10.6 Å². The summed E-state index contributed by atoms with van der Waals surface area (Å²) in [6.45, 7) is 6.43. The minimum absolute atomic E-state index is 0.629. The van der Waals surface area contributed by atoms with E-state index >= 15 is 0 Å². The maximum atomic E-state index is 5.67. The van der Waals surface area contributed by atoms with E-state index in [1.54, 1.807) is 23.7 Å². The van der Waals surface area contributed by atoms with Gasteiger partial charge in [0.05, 0.1) is 17.4 Å². The average molecular weight is 375 g/mol. The Hall–Kier alpha value is -1.90. The molecule has 0 aromatic carbocycles. The first-order valence-electron chi connectivity index (χ1n) is 8.26. The first-order chi connectivity index (χ1) is 12.1. The number of hydrogen-bond donors (Lipinski definition) is 0. The summed E-state index contributed by atoms with van der Waals surface area (Å²) in [7, 11) is 2.06. The molecule has 8 heteroatoms. The Morgan fingerprint density at radius 2 is 2.04 bits per heavy atom. The molecule has 0 fully saturated rings. The van der Waals surface area contributed by atoms with E-state index in [-0.39, 0.29) is 0 Å². The van der Waals surface area contributed by atoms with E-state index in [1.807, 2.05) is 23.7 Å². The molecule has 0 spiro atoms. The minimum Gasteiger partial charge on any atom is -0.300 e. The Morgan fingerprint density at radius 3 is 2.68 bits per heavy atom. The second-order valence-electron chi connectivity index (χ2n) is 6.01. The number of thiazole rings is 1. The van der Waals surface area contributed by atoms with E-state index < -0.39 is 0 Å². The van der Waals surface area contributed by atoms with Crippen LogP contribution < -0.4 is 0 Å². The van der Waals surface area contributed by atoms with Gasteiger partial charge in [-0.15, -0.1) is 11.3 Å². The largest absolute Gasteiger partial charge is 0.300 e. The van der Waals surface area contributed by atoms with E-state index in [4.69, 9.17) is 17.3 Å². The van der Waals surface area contributed by atoms with Gasteiger partial charge >= 0.3 is 0 Å². The molecule has 0 amide bonds. The molecule has 0 aliphatic heterocycles. The lowest BCUT2D eigenvalue weighted by Crippen LogP contribution is -2.22. The molecule has 132 valence electrons. The highest BCUT2D eigenvalue weighted by molar-refractivity contribution is 7.71. The van der Waals surface area contributed by atoms with Crippen molar-refractivity contribution in [2.24, 2.45) is 0 Å². The van der Waals surface area contributed by atoms with E-state index in [2.05, 4.69) is 38.8 Å². The van der Waals surface area contributed by atoms with Crippen LogP contribution in [0.5, 0.6) is 0 Å². The number of rotatable bonds is 7. The lowest BCUT2D eigenvalue weighted by atomic mass is 10.2. The Labute approximate surface area is 156 Å². The predicted molar refractivity (Wildman–Crippen MR) is 103 cm³/mol. The van der Waals surface area contributed by atoms with Crippen molar-refractivity contribution < 1.29 is 0 Å². The van der Waals surface area contributed by atoms with Crippen LogP contribution in [-0.4, -0.2) is 36.3 Å². The van der Waals surface area contributed by atoms with Crippen molar-refractivity contribution >= 4 is 23.6 Å².